The van der Waals surface area contributed by atoms with Crippen LogP contribution in [-0.4, -0.2) is 111 Å². The molecule has 6 atom stereocenters. The number of rotatable bonds is 8. The van der Waals surface area contributed by atoms with Crippen molar-refractivity contribution in [3.63, 3.8) is 0 Å². The lowest BCUT2D eigenvalue weighted by molar-refractivity contribution is -0.142. The molecule has 2 aliphatic rings. The number of nitrogens with one attached hydrogen (secondary N) is 6. The molecular weight excluding hydrogens is 672 g/mol. The second-order valence-electron chi connectivity index (χ2n) is 13.2. The monoisotopic (exact) mass is 718 g/mol. The highest BCUT2D eigenvalue weighted by molar-refractivity contribution is 5.98. The summed E-state index contributed by atoms with van der Waals surface area (Å²) in [4.78, 5) is 86.9. The van der Waals surface area contributed by atoms with E-state index >= 15 is 0 Å². The third-order valence-corrected chi connectivity index (χ3v) is 9.46. The topological polar surface area (TPSA) is 248 Å². The largest absolute Gasteiger partial charge is 0.508 e. The van der Waals surface area contributed by atoms with Crippen LogP contribution in [0.1, 0.15) is 43.7 Å². The van der Waals surface area contributed by atoms with Gasteiger partial charge in [0.2, 0.25) is 35.4 Å². The molecule has 6 amide bonds. The van der Waals surface area contributed by atoms with Gasteiger partial charge < -0.3 is 52.4 Å². The van der Waals surface area contributed by atoms with Crippen LogP contribution in [0.3, 0.4) is 0 Å². The molecule has 10 N–H and O–H groups in total. The number of aromatic nitrogens is 1. The Labute approximate surface area is 300 Å². The summed E-state index contributed by atoms with van der Waals surface area (Å²) in [6.07, 6.45) is 2.92. The lowest BCUT2D eigenvalue weighted by Gasteiger charge is -2.31. The number of phenolic OH excluding ortho intramolecular Hbond substituents is 1. The van der Waals surface area contributed by atoms with Crippen molar-refractivity contribution in [2.45, 2.75) is 81.7 Å². The third-order valence-electron chi connectivity index (χ3n) is 9.46. The number of fused-ring (bicyclic) bond motifs is 2. The van der Waals surface area contributed by atoms with Crippen molar-refractivity contribution in [2.75, 3.05) is 19.7 Å². The van der Waals surface area contributed by atoms with Gasteiger partial charge in [0.25, 0.3) is 0 Å². The average molecular weight is 719 g/mol. The van der Waals surface area contributed by atoms with Crippen LogP contribution in [0.5, 0.6) is 5.75 Å². The molecule has 2 aromatic carbocycles. The number of nitrogens with two attached hydrogens (primary N) is 1. The molecule has 52 heavy (non-hydrogen) atoms. The Hall–Kier alpha value is -5.48. The van der Waals surface area contributed by atoms with Gasteiger partial charge in [0.1, 0.15) is 42.0 Å². The number of hydrogen-bond acceptors (Lipinski definition) is 9. The van der Waals surface area contributed by atoms with Crippen LogP contribution in [0.25, 0.3) is 10.9 Å². The van der Waals surface area contributed by atoms with Gasteiger partial charge in [0.05, 0.1) is 6.61 Å². The number of benzene rings is 2. The molecule has 0 aliphatic carbocycles. The van der Waals surface area contributed by atoms with Crippen molar-refractivity contribution in [2.24, 2.45) is 5.73 Å². The third kappa shape index (κ3) is 9.05. The van der Waals surface area contributed by atoms with E-state index in [1.54, 1.807) is 18.3 Å². The highest BCUT2D eigenvalue weighted by Crippen LogP contribution is 2.22. The minimum atomic E-state index is -1.48. The lowest BCUT2D eigenvalue weighted by Crippen LogP contribution is -2.62. The van der Waals surface area contributed by atoms with Crippen LogP contribution < -0.4 is 32.3 Å². The molecule has 3 aromatic rings. The van der Waals surface area contributed by atoms with Crippen molar-refractivity contribution in [3.8, 4) is 5.75 Å². The maximum atomic E-state index is 14.2. The molecule has 16 heteroatoms. The van der Waals surface area contributed by atoms with Crippen LogP contribution in [-0.2, 0) is 41.6 Å². The number of aliphatic hydroxyl groups excluding tert-OH is 1. The first-order valence-corrected chi connectivity index (χ1v) is 17.4. The second kappa shape index (κ2) is 17.2. The molecule has 2 saturated heterocycles. The molecule has 5 rings (SSSR count). The van der Waals surface area contributed by atoms with E-state index in [0.717, 1.165) is 10.9 Å². The minimum Gasteiger partial charge on any atom is -0.508 e. The Morgan fingerprint density at radius 1 is 0.769 bits per heavy atom. The van der Waals surface area contributed by atoms with Gasteiger partial charge in [0, 0.05) is 36.5 Å². The molecule has 2 fully saturated rings. The zero-order valence-corrected chi connectivity index (χ0v) is 28.9. The van der Waals surface area contributed by atoms with Crippen molar-refractivity contribution >= 4 is 46.3 Å². The van der Waals surface area contributed by atoms with Crippen molar-refractivity contribution < 1.29 is 39.0 Å². The molecule has 278 valence electrons. The Morgan fingerprint density at radius 2 is 1.42 bits per heavy atom. The van der Waals surface area contributed by atoms with E-state index in [2.05, 4.69) is 31.6 Å². The standard InChI is InChI=1S/C36H46N8O8/c1-20-31(47)43-29(19-45)34(50)41-27(17-22-18-38-25-7-3-2-6-24(22)25)33(49)40-26(8-4-14-37)32(48)42-28(16-21-10-12-23(46)13-11-21)36(52)44-15-5-9-30(44)35(51)39-20/h2-3,6-7,10-13,18,20,26-30,38,45-46H,4-5,8-9,14-17,19,37H2,1H3,(H,39,51)(H,40,49)(H,41,50)(H,42,48)(H,43,47)/t20-,26-,27-,28-,29-,30+/m0/s1. The number of carbonyl (C=O) groups excluding carboxylic acids is 6. The zero-order valence-electron chi connectivity index (χ0n) is 28.9. The molecule has 0 radical (unpaired) electrons. The summed E-state index contributed by atoms with van der Waals surface area (Å²) < 4.78 is 0. The van der Waals surface area contributed by atoms with Crippen LogP contribution in [0.15, 0.2) is 54.7 Å². The predicted molar refractivity (Wildman–Crippen MR) is 189 cm³/mol. The van der Waals surface area contributed by atoms with E-state index in [1.807, 2.05) is 24.3 Å². The summed E-state index contributed by atoms with van der Waals surface area (Å²) in [5.74, 6) is -4.14. The van der Waals surface area contributed by atoms with Crippen LogP contribution >= 0.6 is 0 Å². The normalized spacial score (nSPS) is 25.3. The van der Waals surface area contributed by atoms with Gasteiger partial charge in [-0.1, -0.05) is 30.3 Å². The number of nitrogens with zero attached hydrogens (tertiary/aromatic N) is 1. The molecule has 2 aliphatic heterocycles. The average Bonchev–Trinajstić information content (AvgIpc) is 3.79. The number of aromatic amines is 1. The number of aromatic hydroxyl groups is 1. The second-order valence-corrected chi connectivity index (χ2v) is 13.2. The summed E-state index contributed by atoms with van der Waals surface area (Å²) in [6, 6.07) is 6.28. The van der Waals surface area contributed by atoms with E-state index in [-0.39, 0.29) is 38.1 Å². The number of phenols is 1. The fourth-order valence-corrected chi connectivity index (χ4v) is 6.57. The number of H-pyrrole nitrogens is 1. The van der Waals surface area contributed by atoms with E-state index < -0.39 is 78.3 Å². The number of hydrogen-bond donors (Lipinski definition) is 9. The number of carbonyl (C=O) groups is 6. The molecule has 3 heterocycles. The first kappa shape index (κ1) is 37.8. The summed E-state index contributed by atoms with van der Waals surface area (Å²) in [6.45, 7) is 1.01. The van der Waals surface area contributed by atoms with E-state index in [0.29, 0.717) is 30.4 Å². The van der Waals surface area contributed by atoms with Crippen molar-refractivity contribution in [3.05, 3.63) is 65.9 Å². The van der Waals surface area contributed by atoms with Crippen molar-refractivity contribution in [1.82, 2.24) is 36.5 Å². The summed E-state index contributed by atoms with van der Waals surface area (Å²) in [5.41, 5.74) is 7.88. The molecular formula is C36H46N8O8. The van der Waals surface area contributed by atoms with Crippen molar-refractivity contribution in [1.29, 1.82) is 0 Å². The van der Waals surface area contributed by atoms with E-state index in [1.165, 1.54) is 24.0 Å². The first-order valence-electron chi connectivity index (χ1n) is 17.4. The fraction of sp³-hybridized carbons (Fsp3) is 0.444. The number of aliphatic hydroxyl groups is 1. The zero-order chi connectivity index (χ0) is 37.4. The smallest absolute Gasteiger partial charge is 0.246 e. The van der Waals surface area contributed by atoms with Gasteiger partial charge in [-0.3, -0.25) is 28.8 Å². The Bertz CT molecular complexity index is 1780. The molecule has 0 saturated carbocycles. The Morgan fingerprint density at radius 3 is 2.15 bits per heavy atom. The molecule has 0 spiro atoms. The van der Waals surface area contributed by atoms with Gasteiger partial charge in [-0.05, 0) is 68.5 Å². The SMILES string of the molecule is C[C@@H]1NC(=O)[C@H]2CCCN2C(=O)[C@H](Cc2ccc(O)cc2)NC(=O)[C@H](CCCN)NC(=O)[C@H](Cc2c[nH]c3ccccc23)NC(=O)[C@H](CO)NC1=O. The van der Waals surface area contributed by atoms with Gasteiger partial charge in [-0.2, -0.15) is 0 Å². The molecule has 0 unspecified atom stereocenters. The van der Waals surface area contributed by atoms with Gasteiger partial charge >= 0.3 is 0 Å². The molecule has 16 nitrogen and oxygen atoms in total. The van der Waals surface area contributed by atoms with Crippen LogP contribution in [0, 0.1) is 0 Å². The van der Waals surface area contributed by atoms with Gasteiger partial charge in [0.15, 0.2) is 0 Å². The summed E-state index contributed by atoms with van der Waals surface area (Å²) in [5, 5.41) is 33.9. The lowest BCUT2D eigenvalue weighted by atomic mass is 10.0. The van der Waals surface area contributed by atoms with Crippen LogP contribution in [0.4, 0.5) is 0 Å². The summed E-state index contributed by atoms with van der Waals surface area (Å²) in [7, 11) is 0. The maximum absolute atomic E-state index is 14.2. The number of para-hydroxylation sites is 1. The molecule has 0 bridgehead atoms. The number of amides is 6. The highest BCUT2D eigenvalue weighted by Gasteiger charge is 2.40. The van der Waals surface area contributed by atoms with Crippen LogP contribution in [0.2, 0.25) is 0 Å². The Kier molecular flexibility index (Phi) is 12.5. The maximum Gasteiger partial charge on any atom is 0.246 e. The van der Waals surface area contributed by atoms with E-state index in [9.17, 15) is 39.0 Å². The summed E-state index contributed by atoms with van der Waals surface area (Å²) >= 11 is 0. The minimum absolute atomic E-state index is 0.00779. The Balaban J connectivity index is 1.51. The molecule has 1 aromatic heterocycles. The van der Waals surface area contributed by atoms with E-state index in [4.69, 9.17) is 5.73 Å². The fourth-order valence-electron chi connectivity index (χ4n) is 6.57. The van der Waals surface area contributed by atoms with Gasteiger partial charge in [-0.15, -0.1) is 0 Å². The first-order chi connectivity index (χ1) is 25.0. The quantitative estimate of drug-likeness (QED) is 0.136. The predicted octanol–water partition coefficient (Wildman–Crippen LogP) is -1.16. The van der Waals surface area contributed by atoms with Gasteiger partial charge in [-0.25, -0.2) is 0 Å². The highest BCUT2D eigenvalue weighted by atomic mass is 16.3.